The van der Waals surface area contributed by atoms with Crippen LogP contribution >= 0.6 is 11.5 Å². The smallest absolute Gasteiger partial charge is 0.303 e. The van der Waals surface area contributed by atoms with E-state index in [4.69, 9.17) is 5.11 Å². The minimum absolute atomic E-state index is 0.0643. The van der Waals surface area contributed by atoms with E-state index in [-0.39, 0.29) is 12.3 Å². The molecule has 22 heavy (non-hydrogen) atoms. The van der Waals surface area contributed by atoms with Crippen LogP contribution in [0.25, 0.3) is 0 Å². The van der Waals surface area contributed by atoms with Crippen LogP contribution in [0.3, 0.4) is 0 Å². The van der Waals surface area contributed by atoms with Crippen molar-refractivity contribution < 1.29 is 14.7 Å². The number of nitrogens with one attached hydrogen (secondary N) is 2. The highest BCUT2D eigenvalue weighted by atomic mass is 32.1. The van der Waals surface area contributed by atoms with Crippen molar-refractivity contribution in [2.24, 2.45) is 0 Å². The molecule has 2 aromatic rings. The van der Waals surface area contributed by atoms with Crippen molar-refractivity contribution in [3.05, 3.63) is 41.1 Å². The van der Waals surface area contributed by atoms with Gasteiger partial charge in [-0.1, -0.05) is 12.1 Å². The molecule has 0 radical (unpaired) electrons. The molecule has 0 aliphatic carbocycles. The van der Waals surface area contributed by atoms with E-state index in [2.05, 4.69) is 15.0 Å². The van der Waals surface area contributed by atoms with Crippen LogP contribution in [-0.4, -0.2) is 28.4 Å². The molecule has 116 valence electrons. The number of anilines is 2. The Bertz CT molecular complexity index is 697. The van der Waals surface area contributed by atoms with Gasteiger partial charge in [0.05, 0.1) is 11.3 Å². The SMILES string of the molecule is CNc1snc(C)c1C(=O)Nc1cccc(CCC(=O)O)c1. The Morgan fingerprint density at radius 3 is 2.82 bits per heavy atom. The fraction of sp³-hybridized carbons (Fsp3) is 0.267. The number of benzene rings is 1. The van der Waals surface area contributed by atoms with Gasteiger partial charge in [-0.3, -0.25) is 9.59 Å². The van der Waals surface area contributed by atoms with Gasteiger partial charge >= 0.3 is 5.97 Å². The van der Waals surface area contributed by atoms with Crippen molar-refractivity contribution in [2.75, 3.05) is 17.7 Å². The molecule has 0 spiro atoms. The van der Waals surface area contributed by atoms with E-state index in [9.17, 15) is 9.59 Å². The molecule has 0 fully saturated rings. The minimum atomic E-state index is -0.840. The standard InChI is InChI=1S/C15H17N3O3S/c1-9-13(15(16-2)22-18-9)14(21)17-11-5-3-4-10(8-11)6-7-12(19)20/h3-5,8,16H,6-7H2,1-2H3,(H,17,21)(H,19,20). The zero-order valence-electron chi connectivity index (χ0n) is 12.3. The average molecular weight is 319 g/mol. The van der Waals surface area contributed by atoms with Gasteiger partial charge in [0.25, 0.3) is 5.91 Å². The van der Waals surface area contributed by atoms with Crippen LogP contribution in [0.1, 0.15) is 28.0 Å². The maximum Gasteiger partial charge on any atom is 0.303 e. The third-order valence-corrected chi connectivity index (χ3v) is 4.09. The summed E-state index contributed by atoms with van der Waals surface area (Å²) in [7, 11) is 1.75. The molecule has 3 N–H and O–H groups in total. The molecule has 1 aromatic heterocycles. The molecule has 0 saturated heterocycles. The second kappa shape index (κ2) is 7.04. The first-order valence-corrected chi connectivity index (χ1v) is 7.54. The van der Waals surface area contributed by atoms with Gasteiger partial charge in [0, 0.05) is 19.2 Å². The molecule has 0 aliphatic heterocycles. The summed E-state index contributed by atoms with van der Waals surface area (Å²) in [5.74, 6) is -1.07. The van der Waals surface area contributed by atoms with Crippen LogP contribution < -0.4 is 10.6 Å². The summed E-state index contributed by atoms with van der Waals surface area (Å²) in [6.45, 7) is 1.79. The number of hydrogen-bond acceptors (Lipinski definition) is 5. The van der Waals surface area contributed by atoms with E-state index in [1.165, 1.54) is 11.5 Å². The van der Waals surface area contributed by atoms with Crippen molar-refractivity contribution in [1.29, 1.82) is 0 Å². The summed E-state index contributed by atoms with van der Waals surface area (Å²) in [6.07, 6.45) is 0.495. The fourth-order valence-electron chi connectivity index (χ4n) is 2.06. The number of carbonyl (C=O) groups is 2. The summed E-state index contributed by atoms with van der Waals surface area (Å²) >= 11 is 1.24. The lowest BCUT2D eigenvalue weighted by Gasteiger charge is -2.08. The maximum atomic E-state index is 12.4. The van der Waals surface area contributed by atoms with Crippen LogP contribution in [0.5, 0.6) is 0 Å². The van der Waals surface area contributed by atoms with E-state index in [0.717, 1.165) is 10.6 Å². The number of aryl methyl sites for hydroxylation is 2. The number of rotatable bonds is 6. The molecule has 6 nitrogen and oxygen atoms in total. The average Bonchev–Trinajstić information content (AvgIpc) is 2.86. The summed E-state index contributed by atoms with van der Waals surface area (Å²) < 4.78 is 4.17. The summed E-state index contributed by atoms with van der Waals surface area (Å²) in [4.78, 5) is 23.0. The molecule has 0 aliphatic rings. The second-order valence-electron chi connectivity index (χ2n) is 4.77. The Labute approximate surface area is 132 Å². The fourth-order valence-corrected chi connectivity index (χ4v) is 2.80. The molecule has 0 bridgehead atoms. The largest absolute Gasteiger partial charge is 0.481 e. The van der Waals surface area contributed by atoms with E-state index >= 15 is 0 Å². The van der Waals surface area contributed by atoms with Gasteiger partial charge < -0.3 is 15.7 Å². The molecule has 1 aromatic carbocycles. The number of nitrogens with zero attached hydrogens (tertiary/aromatic N) is 1. The highest BCUT2D eigenvalue weighted by Crippen LogP contribution is 2.25. The molecular weight excluding hydrogens is 302 g/mol. The van der Waals surface area contributed by atoms with Crippen molar-refractivity contribution in [1.82, 2.24) is 4.37 Å². The van der Waals surface area contributed by atoms with Crippen LogP contribution in [-0.2, 0) is 11.2 Å². The van der Waals surface area contributed by atoms with Crippen LogP contribution in [0.2, 0.25) is 0 Å². The normalized spacial score (nSPS) is 10.3. The molecule has 7 heteroatoms. The first kappa shape index (κ1) is 16.0. The van der Waals surface area contributed by atoms with Gasteiger partial charge in [0.1, 0.15) is 5.00 Å². The molecule has 2 rings (SSSR count). The number of carbonyl (C=O) groups excluding carboxylic acids is 1. The van der Waals surface area contributed by atoms with Gasteiger partial charge in [-0.2, -0.15) is 4.37 Å². The quantitative estimate of drug-likeness (QED) is 0.761. The Hall–Kier alpha value is -2.41. The topological polar surface area (TPSA) is 91.3 Å². The highest BCUT2D eigenvalue weighted by Gasteiger charge is 2.17. The van der Waals surface area contributed by atoms with Gasteiger partial charge in [0.2, 0.25) is 0 Å². The van der Waals surface area contributed by atoms with Crippen molar-refractivity contribution in [3.8, 4) is 0 Å². The van der Waals surface area contributed by atoms with Crippen molar-refractivity contribution >= 4 is 34.1 Å². The number of amides is 1. The van der Waals surface area contributed by atoms with Gasteiger partial charge in [-0.15, -0.1) is 0 Å². The van der Waals surface area contributed by atoms with Gasteiger partial charge in [0.15, 0.2) is 0 Å². The first-order chi connectivity index (χ1) is 10.5. The third kappa shape index (κ3) is 3.82. The molecule has 1 heterocycles. The zero-order valence-corrected chi connectivity index (χ0v) is 13.2. The number of aliphatic carboxylic acids is 1. The summed E-state index contributed by atoms with van der Waals surface area (Å²) in [5, 5.41) is 15.2. The van der Waals surface area contributed by atoms with Gasteiger partial charge in [-0.25, -0.2) is 0 Å². The monoisotopic (exact) mass is 319 g/mol. The van der Waals surface area contributed by atoms with Crippen LogP contribution in [0.15, 0.2) is 24.3 Å². The van der Waals surface area contributed by atoms with Crippen molar-refractivity contribution in [2.45, 2.75) is 19.8 Å². The van der Waals surface area contributed by atoms with E-state index < -0.39 is 5.97 Å². The Morgan fingerprint density at radius 1 is 1.36 bits per heavy atom. The molecule has 0 unspecified atom stereocenters. The van der Waals surface area contributed by atoms with Crippen LogP contribution in [0.4, 0.5) is 10.7 Å². The lowest BCUT2D eigenvalue weighted by Crippen LogP contribution is -2.14. The lowest BCUT2D eigenvalue weighted by molar-refractivity contribution is -0.136. The minimum Gasteiger partial charge on any atom is -0.481 e. The Kier molecular flexibility index (Phi) is 5.11. The predicted octanol–water partition coefficient (Wildman–Crippen LogP) is 2.76. The number of carboxylic acids is 1. The Morgan fingerprint density at radius 2 is 2.14 bits per heavy atom. The number of carboxylic acid groups (broad SMARTS) is 1. The second-order valence-corrected chi connectivity index (χ2v) is 5.54. The lowest BCUT2D eigenvalue weighted by atomic mass is 10.1. The summed E-state index contributed by atoms with van der Waals surface area (Å²) in [5.41, 5.74) is 2.71. The number of hydrogen-bond donors (Lipinski definition) is 3. The third-order valence-electron chi connectivity index (χ3n) is 3.13. The van der Waals surface area contributed by atoms with E-state index in [1.54, 1.807) is 32.2 Å². The maximum absolute atomic E-state index is 12.4. The number of aromatic nitrogens is 1. The zero-order chi connectivity index (χ0) is 16.1. The van der Waals surface area contributed by atoms with Crippen LogP contribution in [0, 0.1) is 6.92 Å². The van der Waals surface area contributed by atoms with Gasteiger partial charge in [-0.05, 0) is 42.6 Å². The summed E-state index contributed by atoms with van der Waals surface area (Å²) in [6, 6.07) is 7.20. The molecular formula is C15H17N3O3S. The molecule has 1 amide bonds. The predicted molar refractivity (Wildman–Crippen MR) is 86.7 cm³/mol. The highest BCUT2D eigenvalue weighted by molar-refractivity contribution is 7.10. The van der Waals surface area contributed by atoms with Crippen molar-refractivity contribution in [3.63, 3.8) is 0 Å². The van der Waals surface area contributed by atoms with E-state index in [1.807, 2.05) is 6.07 Å². The first-order valence-electron chi connectivity index (χ1n) is 6.77. The van der Waals surface area contributed by atoms with E-state index in [0.29, 0.717) is 23.4 Å². The molecule has 0 atom stereocenters. The Balaban J connectivity index is 2.13. The molecule has 0 saturated carbocycles.